The number of anilines is 1. The van der Waals surface area contributed by atoms with Crippen LogP contribution < -0.4 is 5.32 Å². The van der Waals surface area contributed by atoms with Gasteiger partial charge in [0.05, 0.1) is 12.7 Å². The second-order valence-electron chi connectivity index (χ2n) is 4.45. The lowest BCUT2D eigenvalue weighted by molar-refractivity contribution is 0.0600. The Kier molecular flexibility index (Phi) is 4.35. The minimum atomic E-state index is -0.354. The molecule has 1 N–H and O–H groups in total. The molecule has 0 saturated carbocycles. The summed E-state index contributed by atoms with van der Waals surface area (Å²) in [6.07, 6.45) is 0. The van der Waals surface area contributed by atoms with E-state index in [-0.39, 0.29) is 11.8 Å². The summed E-state index contributed by atoms with van der Waals surface area (Å²) in [4.78, 5) is 11.6. The Morgan fingerprint density at radius 1 is 1.20 bits per heavy atom. The molecule has 20 heavy (non-hydrogen) atoms. The number of halogens is 1. The fourth-order valence-corrected chi connectivity index (χ4v) is 1.96. The Labute approximate surface area is 117 Å². The highest BCUT2D eigenvalue weighted by Crippen LogP contribution is 2.20. The fourth-order valence-electron chi connectivity index (χ4n) is 1.96. The Morgan fingerprint density at radius 2 is 1.90 bits per heavy atom. The van der Waals surface area contributed by atoms with Crippen molar-refractivity contribution in [3.63, 3.8) is 0 Å². The number of methoxy groups -OCH3 is 1. The Hall–Kier alpha value is -2.36. The molecule has 0 radical (unpaired) electrons. The number of carbonyl (C=O) groups is 1. The van der Waals surface area contributed by atoms with Crippen molar-refractivity contribution in [3.8, 4) is 0 Å². The number of hydrogen-bond acceptors (Lipinski definition) is 3. The molecule has 0 fully saturated rings. The highest BCUT2D eigenvalue weighted by molar-refractivity contribution is 5.92. The highest BCUT2D eigenvalue weighted by atomic mass is 19.1. The summed E-state index contributed by atoms with van der Waals surface area (Å²) in [7, 11) is 1.36. The first-order chi connectivity index (χ1) is 9.61. The zero-order valence-electron chi connectivity index (χ0n) is 11.4. The van der Waals surface area contributed by atoms with Crippen LogP contribution >= 0.6 is 0 Å². The van der Waals surface area contributed by atoms with E-state index in [0.29, 0.717) is 12.1 Å². The molecular weight excluding hydrogens is 257 g/mol. The molecule has 4 heteroatoms. The zero-order chi connectivity index (χ0) is 14.5. The van der Waals surface area contributed by atoms with Gasteiger partial charge < -0.3 is 10.1 Å². The number of hydrogen-bond donors (Lipinski definition) is 1. The molecule has 0 amide bonds. The van der Waals surface area contributed by atoms with Crippen LogP contribution in [-0.2, 0) is 11.3 Å². The second-order valence-corrected chi connectivity index (χ2v) is 4.45. The van der Waals surface area contributed by atoms with E-state index >= 15 is 0 Å². The minimum Gasteiger partial charge on any atom is -0.465 e. The van der Waals surface area contributed by atoms with Crippen LogP contribution in [0.1, 0.15) is 21.5 Å². The molecule has 0 unspecified atom stereocenters. The normalized spacial score (nSPS) is 10.2. The Bertz CT molecular complexity index is 608. The number of nitrogens with one attached hydrogen (secondary N) is 1. The summed E-state index contributed by atoms with van der Waals surface area (Å²) in [6, 6.07) is 11.7. The molecule has 2 aromatic carbocycles. The molecular formula is C16H16FNO2. The quantitative estimate of drug-likeness (QED) is 0.866. The van der Waals surface area contributed by atoms with Gasteiger partial charge in [-0.05, 0) is 42.3 Å². The van der Waals surface area contributed by atoms with E-state index in [0.717, 1.165) is 16.8 Å². The third-order valence-corrected chi connectivity index (χ3v) is 3.14. The van der Waals surface area contributed by atoms with Crippen molar-refractivity contribution in [1.82, 2.24) is 0 Å². The van der Waals surface area contributed by atoms with Gasteiger partial charge in [0, 0.05) is 12.2 Å². The highest BCUT2D eigenvalue weighted by Gasteiger charge is 2.11. The number of rotatable bonds is 4. The van der Waals surface area contributed by atoms with E-state index in [4.69, 9.17) is 4.74 Å². The van der Waals surface area contributed by atoms with E-state index in [9.17, 15) is 9.18 Å². The van der Waals surface area contributed by atoms with Crippen molar-refractivity contribution >= 4 is 11.7 Å². The van der Waals surface area contributed by atoms with Crippen molar-refractivity contribution in [1.29, 1.82) is 0 Å². The van der Waals surface area contributed by atoms with Gasteiger partial charge in [0.1, 0.15) is 5.82 Å². The third kappa shape index (κ3) is 3.15. The lowest BCUT2D eigenvalue weighted by atomic mass is 10.1. The lowest BCUT2D eigenvalue weighted by Crippen LogP contribution is -2.07. The predicted molar refractivity (Wildman–Crippen MR) is 76.2 cm³/mol. The lowest BCUT2D eigenvalue weighted by Gasteiger charge is -2.12. The average molecular weight is 273 g/mol. The molecule has 0 atom stereocenters. The van der Waals surface area contributed by atoms with Gasteiger partial charge in [-0.15, -0.1) is 0 Å². The van der Waals surface area contributed by atoms with Gasteiger partial charge in [0.15, 0.2) is 0 Å². The molecule has 0 heterocycles. The number of ether oxygens (including phenoxy) is 1. The van der Waals surface area contributed by atoms with E-state index in [2.05, 4.69) is 5.32 Å². The van der Waals surface area contributed by atoms with Gasteiger partial charge in [-0.25, -0.2) is 9.18 Å². The van der Waals surface area contributed by atoms with Crippen LogP contribution in [0.4, 0.5) is 10.1 Å². The smallest absolute Gasteiger partial charge is 0.338 e. The summed E-state index contributed by atoms with van der Waals surface area (Å²) < 4.78 is 17.6. The van der Waals surface area contributed by atoms with Crippen LogP contribution in [0.2, 0.25) is 0 Å². The first-order valence-electron chi connectivity index (χ1n) is 6.28. The largest absolute Gasteiger partial charge is 0.465 e. The zero-order valence-corrected chi connectivity index (χ0v) is 11.4. The standard InChI is InChI=1S/C16H16FNO2/c1-11-14(16(19)20-2)4-3-5-15(11)18-10-12-6-8-13(17)9-7-12/h3-9,18H,10H2,1-2H3. The number of benzene rings is 2. The number of carbonyl (C=O) groups excluding carboxylic acids is 1. The summed E-state index contributed by atoms with van der Waals surface area (Å²) >= 11 is 0. The van der Waals surface area contributed by atoms with Crippen molar-refractivity contribution in [3.05, 3.63) is 65.0 Å². The van der Waals surface area contributed by atoms with Gasteiger partial charge in [-0.2, -0.15) is 0 Å². The molecule has 0 saturated heterocycles. The molecule has 0 aliphatic carbocycles. The molecule has 0 spiro atoms. The SMILES string of the molecule is COC(=O)c1cccc(NCc2ccc(F)cc2)c1C. The van der Waals surface area contributed by atoms with E-state index < -0.39 is 0 Å². The van der Waals surface area contributed by atoms with Crippen molar-refractivity contribution in [2.24, 2.45) is 0 Å². The molecule has 0 aliphatic rings. The van der Waals surface area contributed by atoms with Crippen LogP contribution in [0.25, 0.3) is 0 Å². The third-order valence-electron chi connectivity index (χ3n) is 3.14. The molecule has 0 bridgehead atoms. The van der Waals surface area contributed by atoms with E-state index in [1.54, 1.807) is 24.3 Å². The molecule has 0 aliphatic heterocycles. The Morgan fingerprint density at radius 3 is 2.55 bits per heavy atom. The maximum atomic E-state index is 12.8. The van der Waals surface area contributed by atoms with E-state index in [1.165, 1.54) is 19.2 Å². The maximum absolute atomic E-state index is 12.8. The molecule has 3 nitrogen and oxygen atoms in total. The molecule has 2 rings (SSSR count). The topological polar surface area (TPSA) is 38.3 Å². The van der Waals surface area contributed by atoms with Crippen LogP contribution in [0.5, 0.6) is 0 Å². The first-order valence-corrected chi connectivity index (χ1v) is 6.28. The van der Waals surface area contributed by atoms with Crippen LogP contribution in [-0.4, -0.2) is 13.1 Å². The Balaban J connectivity index is 2.13. The first kappa shape index (κ1) is 14.1. The van der Waals surface area contributed by atoms with Gasteiger partial charge in [0.25, 0.3) is 0 Å². The summed E-state index contributed by atoms with van der Waals surface area (Å²) in [5.41, 5.74) is 3.20. The van der Waals surface area contributed by atoms with E-state index in [1.807, 2.05) is 13.0 Å². The maximum Gasteiger partial charge on any atom is 0.338 e. The second kappa shape index (κ2) is 6.19. The van der Waals surface area contributed by atoms with Gasteiger partial charge in [0.2, 0.25) is 0 Å². The van der Waals surface area contributed by atoms with Gasteiger partial charge in [-0.1, -0.05) is 18.2 Å². The monoisotopic (exact) mass is 273 g/mol. The fraction of sp³-hybridized carbons (Fsp3) is 0.188. The van der Waals surface area contributed by atoms with Crippen LogP contribution in [0.3, 0.4) is 0 Å². The average Bonchev–Trinajstić information content (AvgIpc) is 2.47. The summed E-state index contributed by atoms with van der Waals surface area (Å²) in [5.74, 6) is -0.606. The molecule has 0 aromatic heterocycles. The summed E-state index contributed by atoms with van der Waals surface area (Å²) in [5, 5.41) is 3.24. The van der Waals surface area contributed by atoms with Crippen molar-refractivity contribution in [2.75, 3.05) is 12.4 Å². The summed E-state index contributed by atoms with van der Waals surface area (Å²) in [6.45, 7) is 2.42. The number of esters is 1. The molecule has 2 aromatic rings. The van der Waals surface area contributed by atoms with Gasteiger partial charge in [-0.3, -0.25) is 0 Å². The van der Waals surface area contributed by atoms with Crippen LogP contribution in [0, 0.1) is 12.7 Å². The van der Waals surface area contributed by atoms with Crippen molar-refractivity contribution in [2.45, 2.75) is 13.5 Å². The minimum absolute atomic E-state index is 0.252. The molecule has 104 valence electrons. The van der Waals surface area contributed by atoms with Gasteiger partial charge >= 0.3 is 5.97 Å². The predicted octanol–water partition coefficient (Wildman–Crippen LogP) is 3.53. The van der Waals surface area contributed by atoms with Crippen molar-refractivity contribution < 1.29 is 13.9 Å². The van der Waals surface area contributed by atoms with Crippen LogP contribution in [0.15, 0.2) is 42.5 Å².